The number of nitro benzene ring substituents is 1. The molecule has 0 spiro atoms. The van der Waals surface area contributed by atoms with Crippen molar-refractivity contribution in [2.45, 2.75) is 24.9 Å². The first-order valence-corrected chi connectivity index (χ1v) is 16.0. The van der Waals surface area contributed by atoms with Gasteiger partial charge in [-0.15, -0.1) is 0 Å². The van der Waals surface area contributed by atoms with Crippen LogP contribution in [0, 0.1) is 10.1 Å². The van der Waals surface area contributed by atoms with E-state index in [0.717, 1.165) is 76.5 Å². The van der Waals surface area contributed by atoms with Crippen molar-refractivity contribution >= 4 is 56.4 Å². The molecule has 0 radical (unpaired) electrons. The Balaban J connectivity index is 0.000000147. The van der Waals surface area contributed by atoms with E-state index in [0.29, 0.717) is 17.7 Å². The maximum absolute atomic E-state index is 11.1. The molecule has 2 N–H and O–H groups in total. The summed E-state index contributed by atoms with van der Waals surface area (Å²) in [5.74, 6) is 0. The molecule has 4 heterocycles. The summed E-state index contributed by atoms with van der Waals surface area (Å²) in [5.41, 5.74) is 13.4. The van der Waals surface area contributed by atoms with Crippen molar-refractivity contribution in [2.24, 2.45) is 0 Å². The third-order valence-corrected chi connectivity index (χ3v) is 9.22. The molecule has 2 atom stereocenters. The fourth-order valence-electron chi connectivity index (χ4n) is 6.52. The summed E-state index contributed by atoms with van der Waals surface area (Å²) < 4.78 is 15.8. The first-order valence-electron chi connectivity index (χ1n) is 15.2. The van der Waals surface area contributed by atoms with E-state index >= 15 is 0 Å². The minimum atomic E-state index is -0.364. The Morgan fingerprint density at radius 1 is 0.674 bits per heavy atom. The molecule has 0 bridgehead atoms. The molecule has 0 unspecified atom stereocenters. The van der Waals surface area contributed by atoms with Crippen molar-refractivity contribution in [3.05, 3.63) is 117 Å². The molecule has 46 heavy (non-hydrogen) atoms. The highest BCUT2D eigenvalue weighted by Crippen LogP contribution is 2.37. The number of non-ortho nitro benzene ring substituents is 1. The van der Waals surface area contributed by atoms with E-state index in [9.17, 15) is 10.1 Å². The van der Waals surface area contributed by atoms with Crippen LogP contribution in [0.25, 0.3) is 44.3 Å². The second kappa shape index (κ2) is 12.8. The van der Waals surface area contributed by atoms with Gasteiger partial charge in [-0.05, 0) is 84.6 Å². The Hall–Kier alpha value is -4.34. The van der Waals surface area contributed by atoms with Crippen LogP contribution in [0.5, 0.6) is 0 Å². The lowest BCUT2D eigenvalue weighted by Crippen LogP contribution is -2.09. The molecule has 0 aliphatic carbocycles. The van der Waals surface area contributed by atoms with Crippen molar-refractivity contribution in [2.75, 3.05) is 32.2 Å². The van der Waals surface area contributed by atoms with Crippen LogP contribution in [-0.2, 0) is 9.47 Å². The van der Waals surface area contributed by atoms with Crippen LogP contribution in [-0.4, -0.2) is 40.5 Å². The number of nitro groups is 1. The van der Waals surface area contributed by atoms with E-state index in [4.69, 9.17) is 38.4 Å². The first kappa shape index (κ1) is 30.3. The second-order valence-corrected chi connectivity index (χ2v) is 12.5. The van der Waals surface area contributed by atoms with Gasteiger partial charge in [-0.2, -0.15) is 0 Å². The molecule has 0 saturated carbocycles. The summed E-state index contributed by atoms with van der Waals surface area (Å²) in [7, 11) is 0. The highest BCUT2D eigenvalue weighted by atomic mass is 35.5. The van der Waals surface area contributed by atoms with Crippen molar-refractivity contribution in [1.29, 1.82) is 0 Å². The lowest BCUT2D eigenvalue weighted by atomic mass is 10.1. The zero-order chi connectivity index (χ0) is 31.8. The average molecular weight is 656 g/mol. The first-order chi connectivity index (χ1) is 22.4. The van der Waals surface area contributed by atoms with Crippen molar-refractivity contribution in [1.82, 2.24) is 9.13 Å². The lowest BCUT2D eigenvalue weighted by molar-refractivity contribution is -0.384. The number of aromatic nitrogens is 2. The van der Waals surface area contributed by atoms with E-state index in [1.807, 2.05) is 60.7 Å². The monoisotopic (exact) mass is 654 g/mol. The molecule has 2 fully saturated rings. The number of rotatable bonds is 5. The molecule has 2 aliphatic heterocycles. The average Bonchev–Trinajstić information content (AvgIpc) is 3.87. The standard InChI is InChI=1S/C18H15ClN2O3.C18H17ClN2O/c19-14-3-1-12(2-4-14)18-10-13-9-15(21(22)23)5-6-17(13)20(18)16-7-8-24-11-16;19-14-3-1-12(2-4-14)18-10-13-9-15(20)5-6-17(13)21(18)16-7-8-22-11-16/h1-6,9-10,16H,7-8,11H2;1-6,9-10,16H,7-8,11,20H2/t2*16-/m00/s1. The van der Waals surface area contributed by atoms with Crippen LogP contribution in [0.4, 0.5) is 11.4 Å². The predicted octanol–water partition coefficient (Wildman–Crippen LogP) is 9.34. The number of nitrogens with zero attached hydrogens (tertiary/aromatic N) is 3. The molecule has 234 valence electrons. The van der Waals surface area contributed by atoms with Crippen LogP contribution in [0.1, 0.15) is 24.9 Å². The van der Waals surface area contributed by atoms with Gasteiger partial charge in [0.25, 0.3) is 5.69 Å². The number of halogens is 2. The topological polar surface area (TPSA) is 97.5 Å². The van der Waals surface area contributed by atoms with Gasteiger partial charge in [0, 0.05) is 74.3 Å². The van der Waals surface area contributed by atoms with E-state index in [1.54, 1.807) is 12.1 Å². The Morgan fingerprint density at radius 3 is 1.61 bits per heavy atom. The quantitative estimate of drug-likeness (QED) is 0.113. The fourth-order valence-corrected chi connectivity index (χ4v) is 6.77. The van der Waals surface area contributed by atoms with Gasteiger partial charge < -0.3 is 24.3 Å². The van der Waals surface area contributed by atoms with E-state index in [2.05, 4.69) is 33.4 Å². The molecular weight excluding hydrogens is 623 g/mol. The maximum Gasteiger partial charge on any atom is 0.270 e. The minimum absolute atomic E-state index is 0.102. The fraction of sp³-hybridized carbons (Fsp3) is 0.222. The highest BCUT2D eigenvalue weighted by molar-refractivity contribution is 6.31. The van der Waals surface area contributed by atoms with Gasteiger partial charge in [0.1, 0.15) is 0 Å². The Labute approximate surface area is 276 Å². The summed E-state index contributed by atoms with van der Waals surface area (Å²) in [6.45, 7) is 2.97. The number of anilines is 1. The summed E-state index contributed by atoms with van der Waals surface area (Å²) in [5, 5.41) is 14.5. The number of nitrogen functional groups attached to an aromatic ring is 1. The van der Waals surface area contributed by atoms with Gasteiger partial charge in [0.2, 0.25) is 0 Å². The summed E-state index contributed by atoms with van der Waals surface area (Å²) in [6.07, 6.45) is 1.97. The summed E-state index contributed by atoms with van der Waals surface area (Å²) in [6, 6.07) is 31.5. The van der Waals surface area contributed by atoms with E-state index in [1.165, 1.54) is 11.2 Å². The van der Waals surface area contributed by atoms with Gasteiger partial charge in [-0.1, -0.05) is 47.5 Å². The van der Waals surface area contributed by atoms with Crippen molar-refractivity contribution < 1.29 is 14.4 Å². The number of hydrogen-bond donors (Lipinski definition) is 1. The summed E-state index contributed by atoms with van der Waals surface area (Å²) >= 11 is 12.0. The molecule has 2 saturated heterocycles. The molecule has 4 aromatic carbocycles. The molecule has 0 amide bonds. The predicted molar refractivity (Wildman–Crippen MR) is 185 cm³/mol. The molecular formula is C36H32Cl2N4O4. The Kier molecular flexibility index (Phi) is 8.44. The molecule has 2 aliphatic rings. The number of nitrogens with two attached hydrogens (primary N) is 1. The van der Waals surface area contributed by atoms with Crippen molar-refractivity contribution in [3.8, 4) is 22.5 Å². The molecule has 2 aromatic heterocycles. The Morgan fingerprint density at radius 2 is 1.15 bits per heavy atom. The van der Waals surface area contributed by atoms with Gasteiger partial charge in [-0.25, -0.2) is 0 Å². The minimum Gasteiger partial charge on any atom is -0.399 e. The molecule has 8 nitrogen and oxygen atoms in total. The summed E-state index contributed by atoms with van der Waals surface area (Å²) in [4.78, 5) is 10.7. The normalized spacial score (nSPS) is 17.8. The van der Waals surface area contributed by atoms with Crippen LogP contribution >= 0.6 is 23.2 Å². The Bertz CT molecular complexity index is 2020. The smallest absolute Gasteiger partial charge is 0.270 e. The van der Waals surface area contributed by atoms with Crippen LogP contribution < -0.4 is 5.73 Å². The van der Waals surface area contributed by atoms with E-state index < -0.39 is 0 Å². The zero-order valence-electron chi connectivity index (χ0n) is 24.9. The number of fused-ring (bicyclic) bond motifs is 2. The SMILES string of the molecule is Nc1ccc2c(c1)cc(-c1ccc(Cl)cc1)n2[C@H]1CCOC1.O=[N+]([O-])c1ccc2c(c1)cc(-c1ccc(Cl)cc1)n2[C@H]1CCOC1. The second-order valence-electron chi connectivity index (χ2n) is 11.7. The molecule has 10 heteroatoms. The number of hydrogen-bond acceptors (Lipinski definition) is 5. The largest absolute Gasteiger partial charge is 0.399 e. The van der Waals surface area contributed by atoms with Gasteiger partial charge in [0.15, 0.2) is 0 Å². The third-order valence-electron chi connectivity index (χ3n) is 8.72. The van der Waals surface area contributed by atoms with Crippen LogP contribution in [0.3, 0.4) is 0 Å². The molecule has 6 aromatic rings. The van der Waals surface area contributed by atoms with Crippen LogP contribution in [0.2, 0.25) is 10.0 Å². The third kappa shape index (κ3) is 5.97. The van der Waals surface area contributed by atoms with E-state index in [-0.39, 0.29) is 16.7 Å². The van der Waals surface area contributed by atoms with Gasteiger partial charge in [-0.3, -0.25) is 10.1 Å². The van der Waals surface area contributed by atoms with Crippen LogP contribution in [0.15, 0.2) is 97.1 Å². The molecule has 8 rings (SSSR count). The van der Waals surface area contributed by atoms with Crippen molar-refractivity contribution in [3.63, 3.8) is 0 Å². The maximum atomic E-state index is 11.1. The number of ether oxygens (including phenoxy) is 2. The highest BCUT2D eigenvalue weighted by Gasteiger charge is 2.25. The van der Waals surface area contributed by atoms with Gasteiger partial charge in [0.05, 0.1) is 30.2 Å². The zero-order valence-corrected chi connectivity index (χ0v) is 26.5. The van der Waals surface area contributed by atoms with Gasteiger partial charge >= 0.3 is 0 Å². The number of benzene rings is 4. The lowest BCUT2D eigenvalue weighted by Gasteiger charge is -2.17.